The summed E-state index contributed by atoms with van der Waals surface area (Å²) in [4.78, 5) is 2.81. The molecule has 2 nitrogen and oxygen atoms in total. The second-order valence-electron chi connectivity index (χ2n) is 7.24. The van der Waals surface area contributed by atoms with Crippen LogP contribution in [0.3, 0.4) is 0 Å². The van der Waals surface area contributed by atoms with E-state index < -0.39 is 0 Å². The van der Waals surface area contributed by atoms with E-state index in [1.807, 2.05) is 0 Å². The van der Waals surface area contributed by atoms with E-state index in [1.54, 1.807) is 0 Å². The highest BCUT2D eigenvalue weighted by molar-refractivity contribution is 4.92. The molecule has 1 saturated heterocycles. The number of nitrogens with two attached hydrogens (primary N) is 1. The molecule has 3 rings (SSSR count). The second kappa shape index (κ2) is 5.50. The van der Waals surface area contributed by atoms with Gasteiger partial charge in [0, 0.05) is 18.6 Å². The summed E-state index contributed by atoms with van der Waals surface area (Å²) < 4.78 is 0. The van der Waals surface area contributed by atoms with E-state index >= 15 is 0 Å². The first-order chi connectivity index (χ1) is 8.74. The fourth-order valence-corrected chi connectivity index (χ4v) is 4.76. The summed E-state index contributed by atoms with van der Waals surface area (Å²) in [7, 11) is 0. The Morgan fingerprint density at radius 3 is 2.78 bits per heavy atom. The van der Waals surface area contributed by atoms with E-state index in [0.29, 0.717) is 6.04 Å². The number of rotatable bonds is 2. The Kier molecular flexibility index (Phi) is 3.95. The van der Waals surface area contributed by atoms with E-state index in [0.717, 1.165) is 23.8 Å². The van der Waals surface area contributed by atoms with E-state index in [1.165, 1.54) is 64.5 Å². The largest absolute Gasteiger partial charge is 0.327 e. The Morgan fingerprint density at radius 1 is 1.06 bits per heavy atom. The van der Waals surface area contributed by atoms with Crippen LogP contribution in [0.1, 0.15) is 58.3 Å². The normalized spacial score (nSPS) is 46.0. The fraction of sp³-hybridized carbons (Fsp3) is 1.00. The topological polar surface area (TPSA) is 29.3 Å². The third kappa shape index (κ3) is 2.60. The minimum absolute atomic E-state index is 0.476. The Balaban J connectivity index is 1.58. The summed E-state index contributed by atoms with van der Waals surface area (Å²) in [6.45, 7) is 5.06. The molecule has 2 N–H and O–H groups in total. The Hall–Kier alpha value is -0.0800. The first-order valence-corrected chi connectivity index (χ1v) is 8.23. The lowest BCUT2D eigenvalue weighted by molar-refractivity contribution is 0.124. The Morgan fingerprint density at radius 2 is 1.89 bits per heavy atom. The van der Waals surface area contributed by atoms with Gasteiger partial charge in [-0.1, -0.05) is 19.8 Å². The van der Waals surface area contributed by atoms with Gasteiger partial charge in [0.15, 0.2) is 0 Å². The van der Waals surface area contributed by atoms with Crippen molar-refractivity contribution in [1.82, 2.24) is 4.90 Å². The van der Waals surface area contributed by atoms with Crippen LogP contribution in [-0.2, 0) is 0 Å². The van der Waals surface area contributed by atoms with E-state index in [-0.39, 0.29) is 0 Å². The number of fused-ring (bicyclic) bond motifs is 1. The van der Waals surface area contributed by atoms with Gasteiger partial charge in [-0.15, -0.1) is 0 Å². The van der Waals surface area contributed by atoms with Crippen LogP contribution in [0.2, 0.25) is 0 Å². The summed E-state index contributed by atoms with van der Waals surface area (Å²) >= 11 is 0. The molecule has 0 aromatic carbocycles. The molecule has 2 saturated carbocycles. The van der Waals surface area contributed by atoms with E-state index in [2.05, 4.69) is 11.8 Å². The highest BCUT2D eigenvalue weighted by atomic mass is 15.2. The van der Waals surface area contributed by atoms with Crippen molar-refractivity contribution < 1.29 is 0 Å². The number of likely N-dealkylation sites (tertiary alicyclic amines) is 1. The predicted octanol–water partition coefficient (Wildman–Crippen LogP) is 3.01. The smallest absolute Gasteiger partial charge is 0.0124 e. The third-order valence-corrected chi connectivity index (χ3v) is 5.90. The van der Waals surface area contributed by atoms with Crippen molar-refractivity contribution in [2.24, 2.45) is 23.5 Å². The molecule has 5 unspecified atom stereocenters. The molecule has 3 fully saturated rings. The van der Waals surface area contributed by atoms with Crippen molar-refractivity contribution in [3.05, 3.63) is 0 Å². The summed E-state index contributed by atoms with van der Waals surface area (Å²) in [5.41, 5.74) is 6.36. The molecule has 0 amide bonds. The standard InChI is InChI=1S/C16H30N2/c1-12-6-7-15(17)14(10-12)11-18-9-8-13-4-2-3-5-16(13)18/h12-16H,2-11,17H2,1H3. The van der Waals surface area contributed by atoms with Crippen LogP contribution in [0.15, 0.2) is 0 Å². The molecule has 0 spiro atoms. The first kappa shape index (κ1) is 12.9. The van der Waals surface area contributed by atoms with Crippen molar-refractivity contribution >= 4 is 0 Å². The lowest BCUT2D eigenvalue weighted by atomic mass is 9.78. The van der Waals surface area contributed by atoms with Gasteiger partial charge in [-0.3, -0.25) is 4.90 Å². The van der Waals surface area contributed by atoms with E-state index in [4.69, 9.17) is 5.73 Å². The van der Waals surface area contributed by atoms with Crippen LogP contribution in [-0.4, -0.2) is 30.1 Å². The molecular weight excluding hydrogens is 220 g/mol. The second-order valence-corrected chi connectivity index (χ2v) is 7.24. The average Bonchev–Trinajstić information content (AvgIpc) is 2.78. The molecule has 0 aromatic rings. The molecule has 0 radical (unpaired) electrons. The molecule has 2 heteroatoms. The predicted molar refractivity (Wildman–Crippen MR) is 76.4 cm³/mol. The number of hydrogen-bond donors (Lipinski definition) is 1. The van der Waals surface area contributed by atoms with Gasteiger partial charge in [0.2, 0.25) is 0 Å². The van der Waals surface area contributed by atoms with Gasteiger partial charge in [-0.05, 0) is 62.8 Å². The van der Waals surface area contributed by atoms with Gasteiger partial charge >= 0.3 is 0 Å². The molecule has 1 aliphatic heterocycles. The van der Waals surface area contributed by atoms with Crippen LogP contribution >= 0.6 is 0 Å². The lowest BCUT2D eigenvalue weighted by Crippen LogP contribution is -2.45. The maximum atomic E-state index is 6.36. The van der Waals surface area contributed by atoms with Crippen LogP contribution in [0, 0.1) is 17.8 Å². The first-order valence-electron chi connectivity index (χ1n) is 8.23. The quantitative estimate of drug-likeness (QED) is 0.816. The molecule has 3 aliphatic rings. The molecule has 0 aromatic heterocycles. The van der Waals surface area contributed by atoms with Crippen molar-refractivity contribution in [3.63, 3.8) is 0 Å². The zero-order chi connectivity index (χ0) is 12.5. The average molecular weight is 250 g/mol. The van der Waals surface area contributed by atoms with Crippen molar-refractivity contribution in [2.75, 3.05) is 13.1 Å². The van der Waals surface area contributed by atoms with Gasteiger partial charge in [0.1, 0.15) is 0 Å². The molecule has 2 aliphatic carbocycles. The Bertz CT molecular complexity index is 278. The molecule has 18 heavy (non-hydrogen) atoms. The van der Waals surface area contributed by atoms with Crippen LogP contribution < -0.4 is 5.73 Å². The Labute approximate surface area is 112 Å². The van der Waals surface area contributed by atoms with Crippen LogP contribution in [0.5, 0.6) is 0 Å². The van der Waals surface area contributed by atoms with Crippen LogP contribution in [0.4, 0.5) is 0 Å². The maximum Gasteiger partial charge on any atom is 0.0124 e. The summed E-state index contributed by atoms with van der Waals surface area (Å²) in [5, 5.41) is 0. The summed E-state index contributed by atoms with van der Waals surface area (Å²) in [6.07, 6.45) is 11.3. The van der Waals surface area contributed by atoms with Gasteiger partial charge in [0.05, 0.1) is 0 Å². The zero-order valence-electron chi connectivity index (χ0n) is 12.0. The number of hydrogen-bond acceptors (Lipinski definition) is 2. The molecule has 0 bridgehead atoms. The number of nitrogens with zero attached hydrogens (tertiary/aromatic N) is 1. The monoisotopic (exact) mass is 250 g/mol. The lowest BCUT2D eigenvalue weighted by Gasteiger charge is -2.38. The molecular formula is C16H30N2. The van der Waals surface area contributed by atoms with Crippen molar-refractivity contribution in [1.29, 1.82) is 0 Å². The highest BCUT2D eigenvalue weighted by Gasteiger charge is 2.37. The van der Waals surface area contributed by atoms with Crippen molar-refractivity contribution in [2.45, 2.75) is 70.4 Å². The third-order valence-electron chi connectivity index (χ3n) is 5.90. The molecule has 5 atom stereocenters. The van der Waals surface area contributed by atoms with Gasteiger partial charge in [-0.2, -0.15) is 0 Å². The van der Waals surface area contributed by atoms with Crippen LogP contribution in [0.25, 0.3) is 0 Å². The summed E-state index contributed by atoms with van der Waals surface area (Å²) in [6, 6.07) is 1.40. The SMILES string of the molecule is CC1CCC(N)C(CN2CCC3CCCCC32)C1. The maximum absolute atomic E-state index is 6.36. The minimum Gasteiger partial charge on any atom is -0.327 e. The molecule has 1 heterocycles. The molecule has 104 valence electrons. The summed E-state index contributed by atoms with van der Waals surface area (Å²) in [5.74, 6) is 2.70. The van der Waals surface area contributed by atoms with E-state index in [9.17, 15) is 0 Å². The minimum atomic E-state index is 0.476. The fourth-order valence-electron chi connectivity index (χ4n) is 4.76. The highest BCUT2D eigenvalue weighted by Crippen LogP contribution is 2.38. The van der Waals surface area contributed by atoms with Gasteiger partial charge in [-0.25, -0.2) is 0 Å². The van der Waals surface area contributed by atoms with Crippen molar-refractivity contribution in [3.8, 4) is 0 Å². The van der Waals surface area contributed by atoms with Gasteiger partial charge in [0.25, 0.3) is 0 Å². The van der Waals surface area contributed by atoms with Gasteiger partial charge < -0.3 is 5.73 Å². The zero-order valence-corrected chi connectivity index (χ0v) is 12.0.